The smallest absolute Gasteiger partial charge is 0.339 e. The first-order valence-corrected chi connectivity index (χ1v) is 11.6. The summed E-state index contributed by atoms with van der Waals surface area (Å²) in [5.74, 6) is -1.17. The van der Waals surface area contributed by atoms with E-state index in [9.17, 15) is 18.8 Å². The summed E-state index contributed by atoms with van der Waals surface area (Å²) in [5.41, 5.74) is 0.357. The zero-order valence-electron chi connectivity index (χ0n) is 19.6. The Hall–Kier alpha value is -2.87. The van der Waals surface area contributed by atoms with Crippen LogP contribution in [-0.2, 0) is 20.9 Å². The summed E-state index contributed by atoms with van der Waals surface area (Å²) in [6.07, 6.45) is 0. The molecule has 0 radical (unpaired) electrons. The van der Waals surface area contributed by atoms with Gasteiger partial charge < -0.3 is 14.4 Å². The van der Waals surface area contributed by atoms with Gasteiger partial charge in [0.05, 0.1) is 18.4 Å². The molecule has 0 aliphatic heterocycles. The number of carbonyl (C=O) groups excluding carboxylic acids is 3. The number of methoxy groups -OCH3 is 1. The van der Waals surface area contributed by atoms with Crippen molar-refractivity contribution in [2.75, 3.05) is 26.0 Å². The summed E-state index contributed by atoms with van der Waals surface area (Å²) in [6.45, 7) is 7.54. The first-order valence-electron chi connectivity index (χ1n) is 10.6. The maximum atomic E-state index is 14.0. The third-order valence-electron chi connectivity index (χ3n) is 4.95. The summed E-state index contributed by atoms with van der Waals surface area (Å²) >= 11 is 1.22. The highest BCUT2D eigenvalue weighted by molar-refractivity contribution is 8.00. The lowest BCUT2D eigenvalue weighted by molar-refractivity contribution is -0.129. The first-order chi connectivity index (χ1) is 15.6. The molecule has 1 amide bonds. The molecule has 2 rings (SSSR count). The van der Waals surface area contributed by atoms with Gasteiger partial charge in [-0.15, -0.1) is 11.8 Å². The van der Waals surface area contributed by atoms with Crippen LogP contribution in [0.25, 0.3) is 0 Å². The van der Waals surface area contributed by atoms with E-state index in [1.807, 2.05) is 6.92 Å². The van der Waals surface area contributed by atoms with Crippen LogP contribution in [0.4, 0.5) is 4.39 Å². The Balaban J connectivity index is 2.02. The molecule has 0 saturated heterocycles. The molecule has 0 aliphatic rings. The van der Waals surface area contributed by atoms with Gasteiger partial charge in [-0.25, -0.2) is 9.18 Å². The number of rotatable bonds is 10. The van der Waals surface area contributed by atoms with Crippen LogP contribution < -0.4 is 4.74 Å². The third kappa shape index (κ3) is 7.60. The van der Waals surface area contributed by atoms with Crippen molar-refractivity contribution in [3.05, 3.63) is 59.4 Å². The fourth-order valence-electron chi connectivity index (χ4n) is 2.82. The van der Waals surface area contributed by atoms with Gasteiger partial charge in [-0.1, -0.05) is 39.0 Å². The lowest BCUT2D eigenvalue weighted by Gasteiger charge is -2.21. The molecule has 8 heteroatoms. The normalized spacial score (nSPS) is 11.1. The van der Waals surface area contributed by atoms with Crippen molar-refractivity contribution in [2.24, 2.45) is 5.41 Å². The highest BCUT2D eigenvalue weighted by atomic mass is 32.2. The molecule has 0 heterocycles. The Kier molecular flexibility index (Phi) is 9.46. The Morgan fingerprint density at radius 2 is 1.79 bits per heavy atom. The van der Waals surface area contributed by atoms with E-state index in [4.69, 9.17) is 9.47 Å². The van der Waals surface area contributed by atoms with Gasteiger partial charge in [0.2, 0.25) is 5.91 Å². The second kappa shape index (κ2) is 11.8. The number of hydrogen-bond acceptors (Lipinski definition) is 6. The topological polar surface area (TPSA) is 72.9 Å². The van der Waals surface area contributed by atoms with Crippen LogP contribution in [0.3, 0.4) is 0 Å². The Labute approximate surface area is 198 Å². The van der Waals surface area contributed by atoms with Crippen LogP contribution in [0.2, 0.25) is 0 Å². The predicted octanol–water partition coefficient (Wildman–Crippen LogP) is 4.75. The molecule has 0 N–H and O–H groups in total. The molecule has 2 aromatic rings. The Morgan fingerprint density at radius 3 is 2.39 bits per heavy atom. The number of Topliss-reactive ketones (excluding diaryl/α,β-unsaturated/α-hetero) is 1. The SMILES string of the molecule is CCN(Cc1ccc(OC)c(F)c1)C(=O)CSc1ccccc1C(=O)OCC(=O)C(C)(C)C. The lowest BCUT2D eigenvalue weighted by atomic mass is 9.91. The summed E-state index contributed by atoms with van der Waals surface area (Å²) in [5, 5.41) is 0. The number of ether oxygens (including phenoxy) is 2. The highest BCUT2D eigenvalue weighted by Crippen LogP contribution is 2.25. The molecule has 2 aromatic carbocycles. The zero-order valence-corrected chi connectivity index (χ0v) is 20.5. The highest BCUT2D eigenvalue weighted by Gasteiger charge is 2.24. The molecule has 0 spiro atoms. The van der Waals surface area contributed by atoms with Crippen LogP contribution in [0.15, 0.2) is 47.4 Å². The number of nitrogens with zero attached hydrogens (tertiary/aromatic N) is 1. The third-order valence-corrected chi connectivity index (χ3v) is 6.01. The van der Waals surface area contributed by atoms with Crippen molar-refractivity contribution >= 4 is 29.4 Å². The summed E-state index contributed by atoms with van der Waals surface area (Å²) in [7, 11) is 1.40. The van der Waals surface area contributed by atoms with Crippen LogP contribution in [0.5, 0.6) is 5.75 Å². The molecule has 0 unspecified atom stereocenters. The van der Waals surface area contributed by atoms with Gasteiger partial charge in [0.25, 0.3) is 0 Å². The Morgan fingerprint density at radius 1 is 1.09 bits per heavy atom. The fourth-order valence-corrected chi connectivity index (χ4v) is 3.77. The van der Waals surface area contributed by atoms with E-state index in [-0.39, 0.29) is 36.3 Å². The molecule has 0 bridgehead atoms. The molecule has 0 atom stereocenters. The predicted molar refractivity (Wildman–Crippen MR) is 126 cm³/mol. The first kappa shape index (κ1) is 26.4. The van der Waals surface area contributed by atoms with Crippen molar-refractivity contribution in [3.63, 3.8) is 0 Å². The number of thioether (sulfide) groups is 1. The monoisotopic (exact) mass is 475 g/mol. The number of amides is 1. The summed E-state index contributed by atoms with van der Waals surface area (Å²) in [4.78, 5) is 39.6. The molecular weight excluding hydrogens is 445 g/mol. The molecule has 0 aliphatic carbocycles. The zero-order chi connectivity index (χ0) is 24.6. The van der Waals surface area contributed by atoms with Crippen LogP contribution in [0, 0.1) is 11.2 Å². The van der Waals surface area contributed by atoms with Gasteiger partial charge >= 0.3 is 5.97 Å². The van der Waals surface area contributed by atoms with Crippen LogP contribution in [-0.4, -0.2) is 48.6 Å². The number of halogens is 1. The van der Waals surface area contributed by atoms with E-state index in [1.54, 1.807) is 56.0 Å². The molecule has 0 aromatic heterocycles. The van der Waals surface area contributed by atoms with Crippen molar-refractivity contribution in [1.29, 1.82) is 0 Å². The van der Waals surface area contributed by atoms with Crippen LogP contribution in [0.1, 0.15) is 43.6 Å². The second-order valence-corrected chi connectivity index (χ2v) is 9.43. The molecular formula is C25H30FNO5S. The maximum Gasteiger partial charge on any atom is 0.339 e. The summed E-state index contributed by atoms with van der Waals surface area (Å²) < 4.78 is 24.1. The average molecular weight is 476 g/mol. The van der Waals surface area contributed by atoms with Crippen molar-refractivity contribution in [3.8, 4) is 5.75 Å². The summed E-state index contributed by atoms with van der Waals surface area (Å²) in [6, 6.07) is 11.4. The van der Waals surface area contributed by atoms with E-state index in [2.05, 4.69) is 0 Å². The van der Waals surface area contributed by atoms with E-state index >= 15 is 0 Å². The van der Waals surface area contributed by atoms with Crippen molar-refractivity contribution in [1.82, 2.24) is 4.90 Å². The van der Waals surface area contributed by atoms with E-state index in [0.717, 1.165) is 0 Å². The fraction of sp³-hybridized carbons (Fsp3) is 0.400. The standard InChI is InChI=1S/C25H30FNO5S/c1-6-27(14-17-11-12-20(31-5)19(26)13-17)23(29)16-33-21-10-8-7-9-18(21)24(30)32-15-22(28)25(2,3)4/h7-13H,6,14-16H2,1-5H3. The van der Waals surface area contributed by atoms with E-state index in [0.29, 0.717) is 22.6 Å². The minimum absolute atomic E-state index is 0.0949. The Bertz CT molecular complexity index is 1000. The van der Waals surface area contributed by atoms with E-state index < -0.39 is 17.2 Å². The quantitative estimate of drug-likeness (QED) is 0.365. The van der Waals surface area contributed by atoms with Gasteiger partial charge in [-0.2, -0.15) is 0 Å². The molecule has 6 nitrogen and oxygen atoms in total. The number of carbonyl (C=O) groups is 3. The second-order valence-electron chi connectivity index (χ2n) is 8.41. The number of hydrogen-bond donors (Lipinski definition) is 0. The lowest BCUT2D eigenvalue weighted by Crippen LogP contribution is -2.31. The number of esters is 1. The van der Waals surface area contributed by atoms with Gasteiger partial charge in [0, 0.05) is 23.4 Å². The number of benzene rings is 2. The van der Waals surface area contributed by atoms with Gasteiger partial charge in [-0.3, -0.25) is 9.59 Å². The van der Waals surface area contributed by atoms with Gasteiger partial charge in [0.1, 0.15) is 0 Å². The molecule has 0 fully saturated rings. The minimum Gasteiger partial charge on any atom is -0.494 e. The largest absolute Gasteiger partial charge is 0.494 e. The molecule has 33 heavy (non-hydrogen) atoms. The maximum absolute atomic E-state index is 14.0. The van der Waals surface area contributed by atoms with Gasteiger partial charge in [-0.05, 0) is 36.8 Å². The van der Waals surface area contributed by atoms with E-state index in [1.165, 1.54) is 31.0 Å². The number of ketones is 1. The minimum atomic E-state index is -0.607. The van der Waals surface area contributed by atoms with Crippen LogP contribution >= 0.6 is 11.8 Å². The average Bonchev–Trinajstić information content (AvgIpc) is 2.78. The van der Waals surface area contributed by atoms with Crippen molar-refractivity contribution < 1.29 is 28.2 Å². The van der Waals surface area contributed by atoms with Gasteiger partial charge in [0.15, 0.2) is 24.0 Å². The molecule has 178 valence electrons. The molecule has 0 saturated carbocycles. The van der Waals surface area contributed by atoms with Crippen molar-refractivity contribution in [2.45, 2.75) is 39.1 Å².